The number of likely N-dealkylation sites (tertiary alicyclic amines) is 1. The molecule has 1 heterocycles. The van der Waals surface area contributed by atoms with Gasteiger partial charge in [0.15, 0.2) is 5.96 Å². The monoisotopic (exact) mass is 500 g/mol. The van der Waals surface area contributed by atoms with Crippen molar-refractivity contribution in [2.45, 2.75) is 59.9 Å². The number of benzene rings is 1. The summed E-state index contributed by atoms with van der Waals surface area (Å²) < 4.78 is 0. The van der Waals surface area contributed by atoms with Crippen LogP contribution in [-0.2, 0) is 11.2 Å². The second-order valence-electron chi connectivity index (χ2n) is 7.91. The lowest BCUT2D eigenvalue weighted by Crippen LogP contribution is -2.50. The molecule has 6 heteroatoms. The summed E-state index contributed by atoms with van der Waals surface area (Å²) in [5, 5.41) is 6.91. The molecule has 158 valence electrons. The number of guanidine groups is 1. The summed E-state index contributed by atoms with van der Waals surface area (Å²) in [5.41, 5.74) is 3.95. The number of nitrogens with zero attached hydrogens (tertiary/aromatic N) is 2. The molecule has 1 aliphatic rings. The SMILES string of the molecule is CCNC(=NCCc1cc(C)cc(C)c1)NC1CCN(C(=O)C(C)C)CC1.I. The zero-order valence-electron chi connectivity index (χ0n) is 18.0. The normalized spacial score (nSPS) is 15.4. The Bertz CT molecular complexity index is 632. The fraction of sp³-hybridized carbons (Fsp3) is 0.636. The second-order valence-corrected chi connectivity index (χ2v) is 7.91. The first kappa shape index (κ1) is 24.7. The maximum atomic E-state index is 12.1. The van der Waals surface area contributed by atoms with E-state index in [2.05, 4.69) is 49.6 Å². The van der Waals surface area contributed by atoms with Crippen molar-refractivity contribution in [3.8, 4) is 0 Å². The summed E-state index contributed by atoms with van der Waals surface area (Å²) in [7, 11) is 0. The second kappa shape index (κ2) is 12.3. The van der Waals surface area contributed by atoms with Gasteiger partial charge in [-0.05, 0) is 45.6 Å². The number of rotatable bonds is 6. The molecule has 1 aromatic rings. The van der Waals surface area contributed by atoms with E-state index in [0.29, 0.717) is 6.04 Å². The number of carbonyl (C=O) groups excluding carboxylic acids is 1. The lowest BCUT2D eigenvalue weighted by atomic mass is 10.0. The molecule has 2 N–H and O–H groups in total. The molecule has 1 amide bonds. The fourth-order valence-corrected chi connectivity index (χ4v) is 3.63. The first-order chi connectivity index (χ1) is 12.9. The highest BCUT2D eigenvalue weighted by molar-refractivity contribution is 14.0. The van der Waals surface area contributed by atoms with Gasteiger partial charge in [-0.25, -0.2) is 0 Å². The molecule has 2 rings (SSSR count). The van der Waals surface area contributed by atoms with Gasteiger partial charge in [0.1, 0.15) is 0 Å². The average Bonchev–Trinajstić information content (AvgIpc) is 2.61. The zero-order valence-corrected chi connectivity index (χ0v) is 20.4. The minimum atomic E-state index is 0. The number of aliphatic imine (C=N–C) groups is 1. The third kappa shape index (κ3) is 7.97. The van der Waals surface area contributed by atoms with Crippen LogP contribution in [-0.4, -0.2) is 49.0 Å². The van der Waals surface area contributed by atoms with Crippen LogP contribution < -0.4 is 10.6 Å². The van der Waals surface area contributed by atoms with Crippen LogP contribution in [0.1, 0.15) is 50.3 Å². The van der Waals surface area contributed by atoms with Crippen molar-refractivity contribution in [1.29, 1.82) is 0 Å². The highest BCUT2D eigenvalue weighted by Gasteiger charge is 2.24. The number of piperidine rings is 1. The van der Waals surface area contributed by atoms with Gasteiger partial charge in [0.2, 0.25) is 5.91 Å². The van der Waals surface area contributed by atoms with Crippen molar-refractivity contribution in [2.75, 3.05) is 26.2 Å². The maximum Gasteiger partial charge on any atom is 0.225 e. The Labute approximate surface area is 187 Å². The Morgan fingerprint density at radius 3 is 2.32 bits per heavy atom. The first-order valence-corrected chi connectivity index (χ1v) is 10.3. The Hall–Kier alpha value is -1.31. The summed E-state index contributed by atoms with van der Waals surface area (Å²) in [5.74, 6) is 1.23. The highest BCUT2D eigenvalue weighted by atomic mass is 127. The van der Waals surface area contributed by atoms with E-state index in [9.17, 15) is 4.79 Å². The molecule has 5 nitrogen and oxygen atoms in total. The highest BCUT2D eigenvalue weighted by Crippen LogP contribution is 2.13. The minimum absolute atomic E-state index is 0. The zero-order chi connectivity index (χ0) is 19.8. The predicted octanol–water partition coefficient (Wildman–Crippen LogP) is 3.67. The van der Waals surface area contributed by atoms with Gasteiger partial charge in [-0.1, -0.05) is 43.2 Å². The quantitative estimate of drug-likeness (QED) is 0.356. The van der Waals surface area contributed by atoms with E-state index < -0.39 is 0 Å². The fourth-order valence-electron chi connectivity index (χ4n) is 3.63. The molecule has 0 saturated carbocycles. The molecular weight excluding hydrogens is 463 g/mol. The van der Waals surface area contributed by atoms with E-state index in [0.717, 1.165) is 51.4 Å². The van der Waals surface area contributed by atoms with E-state index >= 15 is 0 Å². The molecule has 1 aromatic carbocycles. The number of amides is 1. The van der Waals surface area contributed by atoms with Crippen molar-refractivity contribution in [3.05, 3.63) is 34.9 Å². The van der Waals surface area contributed by atoms with E-state index in [4.69, 9.17) is 4.99 Å². The Morgan fingerprint density at radius 2 is 1.79 bits per heavy atom. The number of hydrogen-bond acceptors (Lipinski definition) is 2. The summed E-state index contributed by atoms with van der Waals surface area (Å²) in [4.78, 5) is 18.9. The average molecular weight is 500 g/mol. The molecule has 0 atom stereocenters. The van der Waals surface area contributed by atoms with Gasteiger partial charge in [-0.2, -0.15) is 0 Å². The van der Waals surface area contributed by atoms with Crippen LogP contribution in [0.3, 0.4) is 0 Å². The third-order valence-electron chi connectivity index (χ3n) is 4.94. The lowest BCUT2D eigenvalue weighted by Gasteiger charge is -2.34. The maximum absolute atomic E-state index is 12.1. The van der Waals surface area contributed by atoms with E-state index in [1.165, 1.54) is 16.7 Å². The van der Waals surface area contributed by atoms with Crippen molar-refractivity contribution >= 4 is 35.8 Å². The topological polar surface area (TPSA) is 56.7 Å². The van der Waals surface area contributed by atoms with Gasteiger partial charge < -0.3 is 15.5 Å². The van der Waals surface area contributed by atoms with Gasteiger partial charge in [-0.3, -0.25) is 9.79 Å². The standard InChI is InChI=1S/C22H36N4O.HI/c1-6-23-22(24-10-7-19-14-17(4)13-18(5)15-19)25-20-8-11-26(12-9-20)21(27)16(2)3;/h13-16,20H,6-12H2,1-5H3,(H2,23,24,25);1H. The molecule has 0 bridgehead atoms. The molecule has 0 spiro atoms. The molecular formula is C22H37IN4O. The largest absolute Gasteiger partial charge is 0.357 e. The van der Waals surface area contributed by atoms with Gasteiger partial charge in [0, 0.05) is 38.1 Å². The van der Waals surface area contributed by atoms with Crippen molar-refractivity contribution in [2.24, 2.45) is 10.9 Å². The van der Waals surface area contributed by atoms with Crippen molar-refractivity contribution < 1.29 is 4.79 Å². The number of halogens is 1. The first-order valence-electron chi connectivity index (χ1n) is 10.3. The summed E-state index contributed by atoms with van der Waals surface area (Å²) >= 11 is 0. The number of hydrogen-bond donors (Lipinski definition) is 2. The van der Waals surface area contributed by atoms with Crippen LogP contribution in [0.25, 0.3) is 0 Å². The lowest BCUT2D eigenvalue weighted by molar-refractivity contribution is -0.135. The summed E-state index contributed by atoms with van der Waals surface area (Å²) in [6.07, 6.45) is 2.89. The summed E-state index contributed by atoms with van der Waals surface area (Å²) in [6, 6.07) is 7.06. The van der Waals surface area contributed by atoms with Crippen LogP contribution >= 0.6 is 24.0 Å². The van der Waals surface area contributed by atoms with Crippen LogP contribution in [0.5, 0.6) is 0 Å². The van der Waals surface area contributed by atoms with E-state index in [-0.39, 0.29) is 35.8 Å². The summed E-state index contributed by atoms with van der Waals surface area (Å²) in [6.45, 7) is 13.6. The number of aryl methyl sites for hydroxylation is 2. The smallest absolute Gasteiger partial charge is 0.225 e. The Morgan fingerprint density at radius 1 is 1.18 bits per heavy atom. The van der Waals surface area contributed by atoms with Crippen LogP contribution in [0.15, 0.2) is 23.2 Å². The number of carbonyl (C=O) groups is 1. The molecule has 1 aliphatic heterocycles. The third-order valence-corrected chi connectivity index (χ3v) is 4.94. The molecule has 0 unspecified atom stereocenters. The van der Waals surface area contributed by atoms with Gasteiger partial charge >= 0.3 is 0 Å². The van der Waals surface area contributed by atoms with Crippen molar-refractivity contribution in [1.82, 2.24) is 15.5 Å². The van der Waals surface area contributed by atoms with Crippen LogP contribution in [0.2, 0.25) is 0 Å². The van der Waals surface area contributed by atoms with Gasteiger partial charge in [0.25, 0.3) is 0 Å². The van der Waals surface area contributed by atoms with Crippen molar-refractivity contribution in [3.63, 3.8) is 0 Å². The number of nitrogens with one attached hydrogen (secondary N) is 2. The van der Waals surface area contributed by atoms with Gasteiger partial charge in [0.05, 0.1) is 0 Å². The molecule has 1 saturated heterocycles. The molecule has 1 fully saturated rings. The molecule has 0 aliphatic carbocycles. The van der Waals surface area contributed by atoms with E-state index in [1.807, 2.05) is 18.7 Å². The predicted molar refractivity (Wildman–Crippen MR) is 129 cm³/mol. The molecule has 0 aromatic heterocycles. The molecule has 0 radical (unpaired) electrons. The Balaban J connectivity index is 0.00000392. The minimum Gasteiger partial charge on any atom is -0.357 e. The molecule has 28 heavy (non-hydrogen) atoms. The van der Waals surface area contributed by atoms with Crippen LogP contribution in [0.4, 0.5) is 0 Å². The van der Waals surface area contributed by atoms with E-state index in [1.54, 1.807) is 0 Å². The van der Waals surface area contributed by atoms with Gasteiger partial charge in [-0.15, -0.1) is 24.0 Å². The van der Waals surface area contributed by atoms with Crippen LogP contribution in [0, 0.1) is 19.8 Å². The Kier molecular flexibility index (Phi) is 10.9.